The summed E-state index contributed by atoms with van der Waals surface area (Å²) in [7, 11) is 0. The number of aliphatic hydroxyl groups is 2. The lowest BCUT2D eigenvalue weighted by Gasteiger charge is -2.31. The Labute approximate surface area is 122 Å². The van der Waals surface area contributed by atoms with Gasteiger partial charge < -0.3 is 19.7 Å². The van der Waals surface area contributed by atoms with Gasteiger partial charge in [-0.2, -0.15) is 0 Å². The molecule has 1 fully saturated rings. The number of hydrogen-bond acceptors (Lipinski definition) is 5. The SMILES string of the molecule is O[C@@H]1C[C@H]2C(=C[C@@H]1O)[C@@H]1CN2Cc2cc3c(cc21)OCO3. The van der Waals surface area contributed by atoms with Gasteiger partial charge in [-0.05, 0) is 35.3 Å². The predicted molar refractivity (Wildman–Crippen MR) is 74.2 cm³/mol. The van der Waals surface area contributed by atoms with Crippen molar-refractivity contribution in [3.63, 3.8) is 0 Å². The molecule has 1 aliphatic carbocycles. The molecule has 0 radical (unpaired) electrons. The molecule has 0 aromatic heterocycles. The van der Waals surface area contributed by atoms with Crippen LogP contribution in [0.5, 0.6) is 11.5 Å². The molecule has 3 aliphatic heterocycles. The van der Waals surface area contributed by atoms with Gasteiger partial charge in [0.25, 0.3) is 0 Å². The Morgan fingerprint density at radius 1 is 1.14 bits per heavy atom. The number of aliphatic hydroxyl groups excluding tert-OH is 2. The van der Waals surface area contributed by atoms with Crippen LogP contribution in [0.2, 0.25) is 0 Å². The van der Waals surface area contributed by atoms with Crippen LogP contribution in [0.3, 0.4) is 0 Å². The number of benzene rings is 1. The maximum Gasteiger partial charge on any atom is 0.231 e. The third kappa shape index (κ3) is 1.56. The molecule has 1 saturated heterocycles. The van der Waals surface area contributed by atoms with Crippen molar-refractivity contribution in [2.45, 2.75) is 37.1 Å². The summed E-state index contributed by atoms with van der Waals surface area (Å²) in [6.45, 7) is 2.12. The Morgan fingerprint density at radius 2 is 1.95 bits per heavy atom. The fourth-order valence-electron chi connectivity index (χ4n) is 4.23. The minimum absolute atomic E-state index is 0.248. The molecule has 1 unspecified atom stereocenters. The lowest BCUT2D eigenvalue weighted by molar-refractivity contribution is 0.0208. The van der Waals surface area contributed by atoms with Gasteiger partial charge in [-0.25, -0.2) is 0 Å². The van der Waals surface area contributed by atoms with Crippen molar-refractivity contribution in [1.82, 2.24) is 4.90 Å². The van der Waals surface area contributed by atoms with E-state index in [0.717, 1.165) is 24.6 Å². The average molecular weight is 287 g/mol. The second-order valence-corrected chi connectivity index (χ2v) is 6.36. The number of rotatable bonds is 0. The Bertz CT molecular complexity index is 656. The summed E-state index contributed by atoms with van der Waals surface area (Å²) in [6.07, 6.45) is 1.08. The maximum atomic E-state index is 9.96. The van der Waals surface area contributed by atoms with Crippen LogP contribution in [-0.2, 0) is 6.54 Å². The molecule has 0 spiro atoms. The van der Waals surface area contributed by atoms with E-state index in [2.05, 4.69) is 17.0 Å². The molecule has 3 heterocycles. The molecule has 21 heavy (non-hydrogen) atoms. The van der Waals surface area contributed by atoms with Crippen molar-refractivity contribution in [2.75, 3.05) is 13.3 Å². The van der Waals surface area contributed by atoms with E-state index < -0.39 is 12.2 Å². The third-order valence-corrected chi connectivity index (χ3v) is 5.25. The van der Waals surface area contributed by atoms with Gasteiger partial charge >= 0.3 is 0 Å². The van der Waals surface area contributed by atoms with Gasteiger partial charge in [0.15, 0.2) is 11.5 Å². The van der Waals surface area contributed by atoms with Crippen molar-refractivity contribution in [3.05, 3.63) is 34.9 Å². The zero-order valence-electron chi connectivity index (χ0n) is 11.5. The summed E-state index contributed by atoms with van der Waals surface area (Å²) in [5.74, 6) is 1.95. The van der Waals surface area contributed by atoms with E-state index >= 15 is 0 Å². The number of ether oxygens (including phenoxy) is 2. The molecule has 1 aromatic carbocycles. The van der Waals surface area contributed by atoms with Gasteiger partial charge in [0, 0.05) is 25.0 Å². The topological polar surface area (TPSA) is 62.2 Å². The molecule has 2 bridgehead atoms. The van der Waals surface area contributed by atoms with Crippen LogP contribution in [0.25, 0.3) is 0 Å². The van der Waals surface area contributed by atoms with E-state index in [0.29, 0.717) is 19.1 Å². The fourth-order valence-corrected chi connectivity index (χ4v) is 4.23. The zero-order chi connectivity index (χ0) is 14.1. The van der Waals surface area contributed by atoms with Gasteiger partial charge in [0.1, 0.15) is 0 Å². The Morgan fingerprint density at radius 3 is 2.81 bits per heavy atom. The molecule has 0 saturated carbocycles. The van der Waals surface area contributed by atoms with E-state index in [1.165, 1.54) is 16.7 Å². The van der Waals surface area contributed by atoms with Gasteiger partial charge in [0.2, 0.25) is 6.79 Å². The first-order chi connectivity index (χ1) is 10.2. The maximum absolute atomic E-state index is 9.96. The second kappa shape index (κ2) is 4.00. The summed E-state index contributed by atoms with van der Waals surface area (Å²) in [5, 5.41) is 19.9. The van der Waals surface area contributed by atoms with Crippen molar-refractivity contribution in [2.24, 2.45) is 0 Å². The lowest BCUT2D eigenvalue weighted by atomic mass is 9.82. The lowest BCUT2D eigenvalue weighted by Crippen LogP contribution is -2.39. The molecule has 2 N–H and O–H groups in total. The van der Waals surface area contributed by atoms with Crippen LogP contribution >= 0.6 is 0 Å². The molecular weight excluding hydrogens is 270 g/mol. The van der Waals surface area contributed by atoms with Crippen molar-refractivity contribution < 1.29 is 19.7 Å². The molecule has 110 valence electrons. The molecule has 5 nitrogen and oxygen atoms in total. The Balaban J connectivity index is 1.63. The number of fused-ring (bicyclic) bond motifs is 8. The molecule has 4 aliphatic rings. The Hall–Kier alpha value is -1.56. The highest BCUT2D eigenvalue weighted by Crippen LogP contribution is 2.49. The van der Waals surface area contributed by atoms with Crippen LogP contribution in [0.15, 0.2) is 23.8 Å². The quantitative estimate of drug-likeness (QED) is 0.690. The van der Waals surface area contributed by atoms with Crippen molar-refractivity contribution >= 4 is 0 Å². The van der Waals surface area contributed by atoms with E-state index in [1.54, 1.807) is 0 Å². The number of hydrogen-bond donors (Lipinski definition) is 2. The highest BCUT2D eigenvalue weighted by Gasteiger charge is 2.46. The zero-order valence-corrected chi connectivity index (χ0v) is 11.5. The van der Waals surface area contributed by atoms with E-state index in [4.69, 9.17) is 9.47 Å². The van der Waals surface area contributed by atoms with Crippen LogP contribution in [0.4, 0.5) is 0 Å². The normalized spacial score (nSPS) is 38.8. The van der Waals surface area contributed by atoms with Gasteiger partial charge in [-0.3, -0.25) is 4.90 Å². The monoisotopic (exact) mass is 287 g/mol. The fraction of sp³-hybridized carbons (Fsp3) is 0.500. The van der Waals surface area contributed by atoms with E-state index in [9.17, 15) is 10.2 Å². The van der Waals surface area contributed by atoms with Crippen LogP contribution in [-0.4, -0.2) is 46.7 Å². The second-order valence-electron chi connectivity index (χ2n) is 6.36. The molecular formula is C16H17NO4. The van der Waals surface area contributed by atoms with Crippen molar-refractivity contribution in [3.8, 4) is 11.5 Å². The van der Waals surface area contributed by atoms with Gasteiger partial charge in [-0.15, -0.1) is 0 Å². The van der Waals surface area contributed by atoms with Crippen LogP contribution in [0, 0.1) is 0 Å². The van der Waals surface area contributed by atoms with Crippen molar-refractivity contribution in [1.29, 1.82) is 0 Å². The molecule has 0 amide bonds. The molecule has 5 rings (SSSR count). The molecule has 1 aromatic rings. The molecule has 5 atom stereocenters. The van der Waals surface area contributed by atoms with E-state index in [-0.39, 0.29) is 6.04 Å². The van der Waals surface area contributed by atoms with E-state index in [1.807, 2.05) is 6.08 Å². The first-order valence-electron chi connectivity index (χ1n) is 7.45. The number of nitrogens with zero attached hydrogens (tertiary/aromatic N) is 1. The summed E-state index contributed by atoms with van der Waals surface area (Å²) >= 11 is 0. The molecule has 5 heteroatoms. The standard InChI is InChI=1S/C16H17NO4/c18-13-2-10-11-6-17(12(10)4-14(13)19)5-8-1-15-16(3-9(8)11)21-7-20-15/h1-3,11-14,18-19H,4-7H2/t11-,12+,13+,14-/m1/s1. The summed E-state index contributed by atoms with van der Waals surface area (Å²) in [5.41, 5.74) is 3.81. The van der Waals surface area contributed by atoms with Crippen LogP contribution in [0.1, 0.15) is 23.5 Å². The summed E-state index contributed by atoms with van der Waals surface area (Å²) < 4.78 is 11.0. The predicted octanol–water partition coefficient (Wildman–Crippen LogP) is 0.749. The largest absolute Gasteiger partial charge is 0.454 e. The smallest absolute Gasteiger partial charge is 0.231 e. The minimum atomic E-state index is -0.741. The highest BCUT2D eigenvalue weighted by molar-refractivity contribution is 5.54. The Kier molecular flexibility index (Phi) is 2.29. The highest BCUT2D eigenvalue weighted by atomic mass is 16.7. The summed E-state index contributed by atoms with van der Waals surface area (Å²) in [6, 6.07) is 4.43. The van der Waals surface area contributed by atoms with Gasteiger partial charge in [0.05, 0.1) is 12.2 Å². The average Bonchev–Trinajstić information content (AvgIpc) is 3.03. The first kappa shape index (κ1) is 12.0. The summed E-state index contributed by atoms with van der Waals surface area (Å²) in [4.78, 5) is 2.40. The first-order valence-corrected chi connectivity index (χ1v) is 7.45. The van der Waals surface area contributed by atoms with Crippen LogP contribution < -0.4 is 9.47 Å². The minimum Gasteiger partial charge on any atom is -0.454 e. The van der Waals surface area contributed by atoms with Gasteiger partial charge in [-0.1, -0.05) is 6.08 Å². The third-order valence-electron chi connectivity index (χ3n) is 5.25.